The number of imide groups is 1. The van der Waals surface area contributed by atoms with Crippen molar-refractivity contribution in [2.24, 2.45) is 0 Å². The molecule has 152 valence electrons. The Balaban J connectivity index is 1.59. The first-order chi connectivity index (χ1) is 13.6. The summed E-state index contributed by atoms with van der Waals surface area (Å²) in [6.45, 7) is 4.77. The van der Waals surface area contributed by atoms with Crippen molar-refractivity contribution in [1.82, 2.24) is 14.8 Å². The lowest BCUT2D eigenvalue weighted by molar-refractivity contribution is -0.130. The molecule has 1 atom stereocenters. The molecule has 4 rings (SSSR count). The van der Waals surface area contributed by atoms with Crippen LogP contribution >= 0.6 is 0 Å². The molecule has 0 unspecified atom stereocenters. The SMILES string of the molecule is Cc1cc(C(=O)CN2C(=O)N[C@](C)(c3ccc(F)c(F)c3)C2=O)c(C)n1C1CC1. The zero-order chi connectivity index (χ0) is 21.1. The number of aryl methyl sites for hydroxylation is 1. The maximum atomic E-state index is 13.6. The van der Waals surface area contributed by atoms with Gasteiger partial charge in [-0.15, -0.1) is 0 Å². The summed E-state index contributed by atoms with van der Waals surface area (Å²) < 4.78 is 29.0. The van der Waals surface area contributed by atoms with Gasteiger partial charge in [-0.1, -0.05) is 6.07 Å². The van der Waals surface area contributed by atoms with E-state index in [0.29, 0.717) is 11.6 Å². The van der Waals surface area contributed by atoms with E-state index in [0.717, 1.165) is 41.3 Å². The fraction of sp³-hybridized carbons (Fsp3) is 0.381. The maximum Gasteiger partial charge on any atom is 0.325 e. The maximum absolute atomic E-state index is 13.6. The first-order valence-corrected chi connectivity index (χ1v) is 9.44. The fourth-order valence-corrected chi connectivity index (χ4v) is 4.03. The number of nitrogens with one attached hydrogen (secondary N) is 1. The van der Waals surface area contributed by atoms with E-state index in [1.165, 1.54) is 13.0 Å². The van der Waals surface area contributed by atoms with Gasteiger partial charge >= 0.3 is 6.03 Å². The number of Topliss-reactive ketones (excluding diaryl/α,β-unsaturated/α-hetero) is 1. The van der Waals surface area contributed by atoms with Gasteiger partial charge in [-0.2, -0.15) is 0 Å². The molecule has 6 nitrogen and oxygen atoms in total. The van der Waals surface area contributed by atoms with Gasteiger partial charge in [0, 0.05) is 23.0 Å². The third-order valence-corrected chi connectivity index (χ3v) is 5.77. The Labute approximate surface area is 166 Å². The van der Waals surface area contributed by atoms with Crippen molar-refractivity contribution in [3.8, 4) is 0 Å². The predicted octanol–water partition coefficient (Wildman–Crippen LogP) is 3.37. The monoisotopic (exact) mass is 401 g/mol. The summed E-state index contributed by atoms with van der Waals surface area (Å²) in [7, 11) is 0. The van der Waals surface area contributed by atoms with Crippen LogP contribution in [-0.4, -0.2) is 33.7 Å². The van der Waals surface area contributed by atoms with E-state index in [-0.39, 0.29) is 11.3 Å². The molecule has 1 N–H and O–H groups in total. The molecule has 1 saturated carbocycles. The molecular weight excluding hydrogens is 380 g/mol. The molecule has 2 aromatic rings. The number of carbonyl (C=O) groups excluding carboxylic acids is 3. The first-order valence-electron chi connectivity index (χ1n) is 9.44. The van der Waals surface area contributed by atoms with Crippen molar-refractivity contribution < 1.29 is 23.2 Å². The van der Waals surface area contributed by atoms with Crippen molar-refractivity contribution in [3.63, 3.8) is 0 Å². The normalized spacial score (nSPS) is 21.6. The minimum Gasteiger partial charge on any atom is -0.345 e. The Hall–Kier alpha value is -3.03. The highest BCUT2D eigenvalue weighted by Crippen LogP contribution is 2.38. The van der Waals surface area contributed by atoms with Crippen LogP contribution in [-0.2, 0) is 10.3 Å². The molecule has 2 fully saturated rings. The quantitative estimate of drug-likeness (QED) is 0.617. The van der Waals surface area contributed by atoms with Crippen molar-refractivity contribution in [1.29, 1.82) is 0 Å². The molecule has 8 heteroatoms. The van der Waals surface area contributed by atoms with Crippen LogP contribution in [0.2, 0.25) is 0 Å². The van der Waals surface area contributed by atoms with Crippen molar-refractivity contribution in [2.75, 3.05) is 6.54 Å². The van der Waals surface area contributed by atoms with Crippen molar-refractivity contribution >= 4 is 17.7 Å². The number of benzene rings is 1. The molecule has 1 aromatic heterocycles. The Kier molecular flexibility index (Phi) is 4.33. The number of halogens is 2. The van der Waals surface area contributed by atoms with E-state index in [1.54, 1.807) is 6.07 Å². The van der Waals surface area contributed by atoms with Crippen LogP contribution in [0.3, 0.4) is 0 Å². The molecule has 0 bridgehead atoms. The van der Waals surface area contributed by atoms with E-state index in [9.17, 15) is 23.2 Å². The van der Waals surface area contributed by atoms with Crippen molar-refractivity contribution in [3.05, 3.63) is 58.4 Å². The summed E-state index contributed by atoms with van der Waals surface area (Å²) in [6, 6.07) is 4.46. The minimum absolute atomic E-state index is 0.108. The standard InChI is InChI=1S/C21H21F2N3O3/c1-11-8-15(12(2)26(11)14-5-6-14)18(27)10-25-19(28)21(3,24-20(25)29)13-4-7-16(22)17(23)9-13/h4,7-9,14H,5-6,10H2,1-3H3,(H,24,29)/t21-/m1/s1. The van der Waals surface area contributed by atoms with Gasteiger partial charge in [-0.25, -0.2) is 13.6 Å². The summed E-state index contributed by atoms with van der Waals surface area (Å²) >= 11 is 0. The summed E-state index contributed by atoms with van der Waals surface area (Å²) in [5, 5.41) is 2.50. The fourth-order valence-electron chi connectivity index (χ4n) is 4.03. The molecule has 3 amide bonds. The third kappa shape index (κ3) is 3.03. The summed E-state index contributed by atoms with van der Waals surface area (Å²) in [5.41, 5.74) is 0.812. The lowest BCUT2D eigenvalue weighted by Gasteiger charge is -2.22. The number of hydrogen-bond donors (Lipinski definition) is 1. The number of urea groups is 1. The number of rotatable bonds is 5. The van der Waals surface area contributed by atoms with Crippen LogP contribution in [0, 0.1) is 25.5 Å². The van der Waals surface area contributed by atoms with Gasteiger partial charge < -0.3 is 9.88 Å². The van der Waals surface area contributed by atoms with Gasteiger partial charge in [0.05, 0.1) is 6.54 Å². The Morgan fingerprint density at radius 3 is 2.48 bits per heavy atom. The Morgan fingerprint density at radius 2 is 1.86 bits per heavy atom. The lowest BCUT2D eigenvalue weighted by atomic mass is 9.92. The molecule has 2 aliphatic rings. The lowest BCUT2D eigenvalue weighted by Crippen LogP contribution is -2.41. The summed E-state index contributed by atoms with van der Waals surface area (Å²) in [6.07, 6.45) is 2.15. The topological polar surface area (TPSA) is 71.4 Å². The number of aromatic nitrogens is 1. The average molecular weight is 401 g/mol. The van der Waals surface area contributed by atoms with Gasteiger partial charge in [0.1, 0.15) is 5.54 Å². The van der Waals surface area contributed by atoms with Gasteiger partial charge in [-0.05, 0) is 57.4 Å². The van der Waals surface area contributed by atoms with Gasteiger partial charge in [0.2, 0.25) is 0 Å². The number of amides is 3. The van der Waals surface area contributed by atoms with E-state index < -0.39 is 35.7 Å². The van der Waals surface area contributed by atoms with Crippen molar-refractivity contribution in [2.45, 2.75) is 45.2 Å². The summed E-state index contributed by atoms with van der Waals surface area (Å²) in [5.74, 6) is -3.19. The predicted molar refractivity (Wildman–Crippen MR) is 100 cm³/mol. The highest BCUT2D eigenvalue weighted by molar-refractivity contribution is 6.11. The van der Waals surface area contributed by atoms with E-state index in [1.807, 2.05) is 13.8 Å². The molecule has 1 aromatic carbocycles. The minimum atomic E-state index is -1.57. The number of hydrogen-bond acceptors (Lipinski definition) is 3. The van der Waals surface area contributed by atoms with E-state index in [4.69, 9.17) is 0 Å². The largest absolute Gasteiger partial charge is 0.345 e. The second-order valence-corrected chi connectivity index (χ2v) is 7.88. The molecule has 1 saturated heterocycles. The molecule has 1 aliphatic carbocycles. The van der Waals surface area contributed by atoms with Crippen LogP contribution in [0.25, 0.3) is 0 Å². The highest BCUT2D eigenvalue weighted by Gasteiger charge is 2.49. The Morgan fingerprint density at radius 1 is 1.17 bits per heavy atom. The zero-order valence-corrected chi connectivity index (χ0v) is 16.4. The van der Waals surface area contributed by atoms with Crippen LogP contribution < -0.4 is 5.32 Å². The first kappa shape index (κ1) is 19.3. The molecule has 29 heavy (non-hydrogen) atoms. The number of ketones is 1. The number of nitrogens with zero attached hydrogens (tertiary/aromatic N) is 2. The van der Waals surface area contributed by atoms with E-state index in [2.05, 4.69) is 9.88 Å². The second kappa shape index (κ2) is 6.50. The van der Waals surface area contributed by atoms with Crippen LogP contribution in [0.1, 0.15) is 53.1 Å². The molecule has 0 radical (unpaired) electrons. The van der Waals surface area contributed by atoms with Gasteiger partial charge in [-0.3, -0.25) is 14.5 Å². The smallest absolute Gasteiger partial charge is 0.325 e. The van der Waals surface area contributed by atoms with Crippen LogP contribution in [0.5, 0.6) is 0 Å². The molecular formula is C21H21F2N3O3. The molecule has 2 heterocycles. The molecule has 1 aliphatic heterocycles. The van der Waals surface area contributed by atoms with E-state index >= 15 is 0 Å². The number of carbonyl (C=O) groups is 3. The Bertz CT molecular complexity index is 1060. The highest BCUT2D eigenvalue weighted by atomic mass is 19.2. The van der Waals surface area contributed by atoms with Crippen LogP contribution in [0.4, 0.5) is 13.6 Å². The zero-order valence-electron chi connectivity index (χ0n) is 16.4. The van der Waals surface area contributed by atoms with Gasteiger partial charge in [0.25, 0.3) is 5.91 Å². The third-order valence-electron chi connectivity index (χ3n) is 5.77. The molecule has 0 spiro atoms. The van der Waals surface area contributed by atoms with Gasteiger partial charge in [0.15, 0.2) is 17.4 Å². The average Bonchev–Trinajstić information content (AvgIpc) is 3.41. The van der Waals surface area contributed by atoms with Crippen LogP contribution in [0.15, 0.2) is 24.3 Å². The summed E-state index contributed by atoms with van der Waals surface area (Å²) in [4.78, 5) is 39.1. The second-order valence-electron chi connectivity index (χ2n) is 7.88.